The number of ether oxygens (including phenoxy) is 1. The van der Waals surface area contributed by atoms with Crippen LogP contribution in [0, 0.1) is 0 Å². The molecule has 1 aliphatic carbocycles. The Morgan fingerprint density at radius 3 is 2.46 bits per heavy atom. The monoisotopic (exact) mass is 519 g/mol. The van der Waals surface area contributed by atoms with Gasteiger partial charge in [-0.3, -0.25) is 15.4 Å². The molecule has 0 spiro atoms. The van der Waals surface area contributed by atoms with Crippen LogP contribution < -0.4 is 5.84 Å². The normalized spacial score (nSPS) is 24.8. The fourth-order valence-electron chi connectivity index (χ4n) is 5.38. The van der Waals surface area contributed by atoms with Crippen molar-refractivity contribution in [3.8, 4) is 0 Å². The van der Waals surface area contributed by atoms with E-state index in [0.717, 1.165) is 23.5 Å². The molecule has 1 aliphatic heterocycles. The maximum Gasteiger partial charge on any atom is 0.315 e. The number of esters is 1. The first-order valence-corrected chi connectivity index (χ1v) is 14.0. The maximum absolute atomic E-state index is 14.0. The van der Waals surface area contributed by atoms with Gasteiger partial charge in [-0.25, -0.2) is 8.42 Å². The average molecular weight is 520 g/mol. The van der Waals surface area contributed by atoms with Crippen LogP contribution in [0.1, 0.15) is 66.1 Å². The summed E-state index contributed by atoms with van der Waals surface area (Å²) < 4.78 is 31.1. The Morgan fingerprint density at radius 2 is 1.80 bits per heavy atom. The van der Waals surface area contributed by atoms with Crippen LogP contribution in [0.3, 0.4) is 0 Å². The number of carbonyl (C=O) groups excluding carboxylic acids is 2. The van der Waals surface area contributed by atoms with E-state index in [0.29, 0.717) is 34.6 Å². The van der Waals surface area contributed by atoms with E-state index >= 15 is 0 Å². The number of hydrogen-bond donors (Lipinski definition) is 1. The van der Waals surface area contributed by atoms with Crippen molar-refractivity contribution in [2.75, 3.05) is 12.9 Å². The van der Waals surface area contributed by atoms with Crippen LogP contribution in [0.4, 0.5) is 0 Å². The number of sulfonamides is 1. The zero-order valence-corrected chi connectivity index (χ0v) is 21.3. The van der Waals surface area contributed by atoms with Crippen LogP contribution in [0.5, 0.6) is 0 Å². The molecule has 1 saturated carbocycles. The molecule has 35 heavy (non-hydrogen) atoms. The zero-order valence-electron chi connectivity index (χ0n) is 19.8. The highest BCUT2D eigenvalue weighted by atomic mass is 35.5. The lowest BCUT2D eigenvalue weighted by atomic mass is 9.77. The third-order valence-electron chi connectivity index (χ3n) is 6.89. The van der Waals surface area contributed by atoms with Crippen molar-refractivity contribution in [1.29, 1.82) is 0 Å². The third-order valence-corrected chi connectivity index (χ3v) is 8.18. The van der Waals surface area contributed by atoms with Crippen molar-refractivity contribution >= 4 is 33.5 Å². The number of carbonyl (C=O) groups is 2. The predicted molar refractivity (Wildman–Crippen MR) is 133 cm³/mol. The molecule has 0 unspecified atom stereocenters. The lowest BCUT2D eigenvalue weighted by Gasteiger charge is -2.49. The molecule has 4 atom stereocenters. The van der Waals surface area contributed by atoms with E-state index in [1.165, 1.54) is 0 Å². The molecule has 2 aliphatic rings. The highest BCUT2D eigenvalue weighted by molar-refractivity contribution is 7.88. The molecule has 188 valence electrons. The van der Waals surface area contributed by atoms with Crippen LogP contribution in [0.25, 0.3) is 0 Å². The number of hydrazine groups is 1. The highest BCUT2D eigenvalue weighted by Gasteiger charge is 2.50. The fraction of sp³-hybridized carbons (Fsp3) is 0.440. The summed E-state index contributed by atoms with van der Waals surface area (Å²) in [5, 5.41) is 0.524. The number of nitrogens with zero attached hydrogens (tertiary/aromatic N) is 2. The van der Waals surface area contributed by atoms with Gasteiger partial charge in [-0.1, -0.05) is 54.8 Å². The number of hydrogen-bond acceptors (Lipinski definition) is 6. The average Bonchev–Trinajstić information content (AvgIpc) is 2.83. The Morgan fingerprint density at radius 1 is 1.14 bits per heavy atom. The number of rotatable bonds is 6. The fourth-order valence-corrected chi connectivity index (χ4v) is 6.24. The molecule has 10 heteroatoms. The van der Waals surface area contributed by atoms with Gasteiger partial charge in [0.05, 0.1) is 31.0 Å². The van der Waals surface area contributed by atoms with Gasteiger partial charge in [0, 0.05) is 10.6 Å². The maximum atomic E-state index is 14.0. The van der Waals surface area contributed by atoms with Crippen molar-refractivity contribution in [3.63, 3.8) is 0 Å². The summed E-state index contributed by atoms with van der Waals surface area (Å²) >= 11 is 6.15. The molecule has 1 fully saturated rings. The summed E-state index contributed by atoms with van der Waals surface area (Å²) in [4.78, 5) is 29.1. The van der Waals surface area contributed by atoms with Crippen LogP contribution in [0.2, 0.25) is 5.02 Å². The summed E-state index contributed by atoms with van der Waals surface area (Å²) in [6.45, 7) is 1.93. The van der Waals surface area contributed by atoms with Crippen molar-refractivity contribution in [2.24, 2.45) is 5.84 Å². The molecular weight excluding hydrogens is 490 g/mol. The second-order valence-electron chi connectivity index (χ2n) is 9.04. The molecule has 4 rings (SSSR count). The van der Waals surface area contributed by atoms with Crippen molar-refractivity contribution in [1.82, 2.24) is 9.31 Å². The first kappa shape index (κ1) is 25.6. The minimum absolute atomic E-state index is 0.190. The second-order valence-corrected chi connectivity index (χ2v) is 11.4. The van der Waals surface area contributed by atoms with Crippen molar-refractivity contribution in [3.05, 3.63) is 70.2 Å². The summed E-state index contributed by atoms with van der Waals surface area (Å²) in [6.07, 6.45) is 3.72. The van der Waals surface area contributed by atoms with E-state index in [-0.39, 0.29) is 12.5 Å². The van der Waals surface area contributed by atoms with Gasteiger partial charge in [0.2, 0.25) is 10.0 Å². The molecule has 2 aromatic rings. The summed E-state index contributed by atoms with van der Waals surface area (Å²) in [5.41, 5.74) is 1.71. The lowest BCUT2D eigenvalue weighted by molar-refractivity contribution is -0.147. The molecule has 1 heterocycles. The number of benzene rings is 2. The van der Waals surface area contributed by atoms with Crippen LogP contribution in [0.15, 0.2) is 48.5 Å². The summed E-state index contributed by atoms with van der Waals surface area (Å²) in [7, 11) is -3.71. The van der Waals surface area contributed by atoms with Gasteiger partial charge < -0.3 is 9.64 Å². The van der Waals surface area contributed by atoms with Gasteiger partial charge in [0.1, 0.15) is 5.92 Å². The standard InChI is InChI=1S/C25H30ClN3O5S/c1-3-34-25(31)22-18-8-4-5-9-19(18)24(30)28(23(22)16-12-14-17(26)15-13-16)20-10-6-7-11-21(20)29(27)35(2,32)33/h4-5,8-9,12-15,20-23H,3,6-7,10-11,27H2,1-2H3/t20-,21-,22-,23+/m1/s1. The van der Waals surface area contributed by atoms with E-state index in [9.17, 15) is 18.0 Å². The van der Waals surface area contributed by atoms with Gasteiger partial charge in [-0.05, 0) is 49.1 Å². The Kier molecular flexibility index (Phi) is 7.51. The zero-order chi connectivity index (χ0) is 25.3. The molecule has 0 radical (unpaired) electrons. The van der Waals surface area contributed by atoms with E-state index < -0.39 is 40.0 Å². The Balaban J connectivity index is 1.93. The number of halogens is 1. The molecular formula is C25H30ClN3O5S. The van der Waals surface area contributed by atoms with E-state index in [4.69, 9.17) is 22.2 Å². The number of fused-ring (bicyclic) bond motifs is 1. The minimum atomic E-state index is -3.71. The van der Waals surface area contributed by atoms with E-state index in [2.05, 4.69) is 0 Å². The lowest BCUT2D eigenvalue weighted by Crippen LogP contribution is -2.61. The van der Waals surface area contributed by atoms with E-state index in [1.54, 1.807) is 60.4 Å². The van der Waals surface area contributed by atoms with Gasteiger partial charge >= 0.3 is 5.97 Å². The van der Waals surface area contributed by atoms with Crippen molar-refractivity contribution < 1.29 is 22.7 Å². The quantitative estimate of drug-likeness (QED) is 0.354. The smallest absolute Gasteiger partial charge is 0.315 e. The molecule has 2 aromatic carbocycles. The molecule has 8 nitrogen and oxygen atoms in total. The molecule has 0 aromatic heterocycles. The second kappa shape index (κ2) is 10.3. The Bertz CT molecular complexity index is 1200. The molecule has 2 N–H and O–H groups in total. The third kappa shape index (κ3) is 4.95. The number of nitrogens with two attached hydrogens (primary N) is 1. The number of amides is 1. The van der Waals surface area contributed by atoms with Crippen LogP contribution in [-0.4, -0.2) is 54.6 Å². The van der Waals surface area contributed by atoms with Crippen molar-refractivity contribution in [2.45, 2.75) is 56.7 Å². The summed E-state index contributed by atoms with van der Waals surface area (Å²) in [5.74, 6) is 4.60. The Hall–Kier alpha value is -2.46. The Labute approximate surface area is 211 Å². The summed E-state index contributed by atoms with van der Waals surface area (Å²) in [6, 6.07) is 12.2. The van der Waals surface area contributed by atoms with Gasteiger partial charge in [-0.2, -0.15) is 0 Å². The first-order chi connectivity index (χ1) is 16.6. The topological polar surface area (TPSA) is 110 Å². The van der Waals surface area contributed by atoms with E-state index in [1.807, 2.05) is 0 Å². The van der Waals surface area contributed by atoms with Gasteiger partial charge in [0.15, 0.2) is 0 Å². The molecule has 1 amide bonds. The van der Waals surface area contributed by atoms with Crippen LogP contribution in [-0.2, 0) is 19.6 Å². The van der Waals surface area contributed by atoms with Gasteiger partial charge in [-0.15, -0.1) is 4.41 Å². The van der Waals surface area contributed by atoms with Gasteiger partial charge in [0.25, 0.3) is 5.91 Å². The predicted octanol–water partition coefficient (Wildman–Crippen LogP) is 3.63. The molecule has 0 saturated heterocycles. The SMILES string of the molecule is CCOC(=O)[C@@H]1c2ccccc2C(=O)N([C@@H]2CCCC[C@H]2N(N)S(C)(=O)=O)[C@H]1c1ccc(Cl)cc1. The molecule has 0 bridgehead atoms. The minimum Gasteiger partial charge on any atom is -0.465 e. The highest BCUT2D eigenvalue weighted by Crippen LogP contribution is 2.46. The first-order valence-electron chi connectivity index (χ1n) is 11.7. The largest absolute Gasteiger partial charge is 0.465 e. The van der Waals surface area contributed by atoms with Crippen LogP contribution >= 0.6 is 11.6 Å².